The van der Waals surface area contributed by atoms with Gasteiger partial charge in [0.1, 0.15) is 6.61 Å². The number of hydrogen-bond donors (Lipinski definition) is 2. The summed E-state index contributed by atoms with van der Waals surface area (Å²) in [6.07, 6.45) is 5.99. The van der Waals surface area contributed by atoms with Crippen LogP contribution in [0.15, 0.2) is 35.6 Å². The number of fused-ring (bicyclic) bond motifs is 1. The van der Waals surface area contributed by atoms with Gasteiger partial charge in [-0.3, -0.25) is 4.79 Å². The highest BCUT2D eigenvalue weighted by atomic mass is 16.5. The molecule has 0 amide bonds. The molecule has 0 aliphatic carbocycles. The average molecular weight is 316 g/mol. The van der Waals surface area contributed by atoms with Gasteiger partial charge in [0.05, 0.1) is 12.1 Å². The van der Waals surface area contributed by atoms with Gasteiger partial charge in [0, 0.05) is 11.1 Å². The lowest BCUT2D eigenvalue weighted by Gasteiger charge is -2.14. The van der Waals surface area contributed by atoms with Crippen LogP contribution in [0.25, 0.3) is 10.9 Å². The second-order valence-electron chi connectivity index (χ2n) is 5.43. The maximum absolute atomic E-state index is 12.3. The van der Waals surface area contributed by atoms with Crippen LogP contribution < -0.4 is 20.8 Å². The molecule has 0 unspecified atom stereocenters. The third-order valence-electron chi connectivity index (χ3n) is 3.54. The van der Waals surface area contributed by atoms with E-state index >= 15 is 0 Å². The first-order chi connectivity index (χ1) is 11.2. The van der Waals surface area contributed by atoms with Crippen LogP contribution in [0.1, 0.15) is 32.6 Å². The topological polar surface area (TPSA) is 77.3 Å². The number of nitrogens with two attached hydrogens (primary N) is 1. The summed E-state index contributed by atoms with van der Waals surface area (Å²) in [5.41, 5.74) is 6.69. The van der Waals surface area contributed by atoms with Crippen molar-refractivity contribution in [3.05, 3.63) is 41.2 Å². The second kappa shape index (κ2) is 8.27. The molecule has 0 radical (unpaired) electrons. The number of pyridine rings is 1. The Bertz CT molecular complexity index is 722. The number of nitrogens with one attached hydrogen (secondary N) is 1. The zero-order chi connectivity index (χ0) is 16.7. The SMILES string of the molecule is C=CCOc1c(OCCCCCC)c2ccc(N)cc2[nH]c1=O. The number of benzene rings is 1. The first-order valence-corrected chi connectivity index (χ1v) is 7.99. The van der Waals surface area contributed by atoms with Crippen LogP contribution in [0, 0.1) is 0 Å². The number of rotatable bonds is 9. The monoisotopic (exact) mass is 316 g/mol. The number of ether oxygens (including phenoxy) is 2. The van der Waals surface area contributed by atoms with E-state index in [1.54, 1.807) is 18.2 Å². The third kappa shape index (κ3) is 4.28. The highest BCUT2D eigenvalue weighted by molar-refractivity contribution is 5.89. The molecule has 2 aromatic rings. The van der Waals surface area contributed by atoms with Crippen molar-refractivity contribution >= 4 is 16.6 Å². The summed E-state index contributed by atoms with van der Waals surface area (Å²) in [6.45, 7) is 6.57. The van der Waals surface area contributed by atoms with Crippen molar-refractivity contribution in [1.29, 1.82) is 0 Å². The number of aromatic nitrogens is 1. The Labute approximate surface area is 136 Å². The summed E-state index contributed by atoms with van der Waals surface area (Å²) in [7, 11) is 0. The molecule has 1 heterocycles. The lowest BCUT2D eigenvalue weighted by molar-refractivity contribution is 0.277. The number of aromatic amines is 1. The van der Waals surface area contributed by atoms with E-state index in [0.29, 0.717) is 23.6 Å². The molecule has 0 spiro atoms. The molecule has 5 nitrogen and oxygen atoms in total. The maximum atomic E-state index is 12.3. The smallest absolute Gasteiger partial charge is 0.294 e. The van der Waals surface area contributed by atoms with E-state index in [1.807, 2.05) is 6.07 Å². The molecule has 0 atom stereocenters. The van der Waals surface area contributed by atoms with E-state index in [2.05, 4.69) is 18.5 Å². The summed E-state index contributed by atoms with van der Waals surface area (Å²) in [5, 5.41) is 0.786. The van der Waals surface area contributed by atoms with E-state index in [4.69, 9.17) is 15.2 Å². The zero-order valence-electron chi connectivity index (χ0n) is 13.6. The normalized spacial score (nSPS) is 10.7. The van der Waals surface area contributed by atoms with Gasteiger partial charge in [-0.15, -0.1) is 0 Å². The summed E-state index contributed by atoms with van der Waals surface area (Å²) in [4.78, 5) is 15.1. The lowest BCUT2D eigenvalue weighted by atomic mass is 10.1. The summed E-state index contributed by atoms with van der Waals surface area (Å²) < 4.78 is 11.4. The van der Waals surface area contributed by atoms with E-state index in [9.17, 15) is 4.79 Å². The fourth-order valence-electron chi connectivity index (χ4n) is 2.39. The van der Waals surface area contributed by atoms with E-state index in [0.717, 1.165) is 18.2 Å². The Hall–Kier alpha value is -2.43. The van der Waals surface area contributed by atoms with Crippen LogP contribution in [0.5, 0.6) is 11.5 Å². The molecule has 124 valence electrons. The molecule has 2 rings (SSSR count). The van der Waals surface area contributed by atoms with Gasteiger partial charge in [-0.05, 0) is 24.6 Å². The Morgan fingerprint density at radius 1 is 1.22 bits per heavy atom. The van der Waals surface area contributed by atoms with Crippen molar-refractivity contribution in [1.82, 2.24) is 4.98 Å². The third-order valence-corrected chi connectivity index (χ3v) is 3.54. The lowest BCUT2D eigenvalue weighted by Crippen LogP contribution is -2.14. The van der Waals surface area contributed by atoms with Gasteiger partial charge >= 0.3 is 0 Å². The maximum Gasteiger partial charge on any atom is 0.294 e. The number of nitrogen functional groups attached to an aromatic ring is 1. The van der Waals surface area contributed by atoms with Gasteiger partial charge in [-0.1, -0.05) is 38.8 Å². The van der Waals surface area contributed by atoms with Crippen LogP contribution in [-0.2, 0) is 0 Å². The Kier molecular flexibility index (Phi) is 6.09. The molecule has 23 heavy (non-hydrogen) atoms. The predicted molar refractivity (Wildman–Crippen MR) is 94.3 cm³/mol. The molecular weight excluding hydrogens is 292 g/mol. The summed E-state index contributed by atoms with van der Waals surface area (Å²) in [6, 6.07) is 5.34. The Morgan fingerprint density at radius 2 is 2.04 bits per heavy atom. The van der Waals surface area contributed by atoms with Gasteiger partial charge in [0.15, 0.2) is 5.75 Å². The fraction of sp³-hybridized carbons (Fsp3) is 0.389. The molecule has 1 aromatic heterocycles. The minimum absolute atomic E-state index is 0.192. The largest absolute Gasteiger partial charge is 0.489 e. The van der Waals surface area contributed by atoms with Crippen LogP contribution >= 0.6 is 0 Å². The van der Waals surface area contributed by atoms with Gasteiger partial charge < -0.3 is 20.2 Å². The van der Waals surface area contributed by atoms with Gasteiger partial charge in [-0.2, -0.15) is 0 Å². The molecule has 1 aromatic carbocycles. The van der Waals surface area contributed by atoms with E-state index in [-0.39, 0.29) is 17.9 Å². The summed E-state index contributed by atoms with van der Waals surface area (Å²) in [5.74, 6) is 0.666. The molecule has 5 heteroatoms. The van der Waals surface area contributed by atoms with Crippen molar-refractivity contribution < 1.29 is 9.47 Å². The Balaban J connectivity index is 2.34. The summed E-state index contributed by atoms with van der Waals surface area (Å²) >= 11 is 0. The van der Waals surface area contributed by atoms with Crippen LogP contribution in [0.4, 0.5) is 5.69 Å². The van der Waals surface area contributed by atoms with Crippen LogP contribution in [-0.4, -0.2) is 18.2 Å². The number of unbranched alkanes of at least 4 members (excludes halogenated alkanes) is 3. The highest BCUT2D eigenvalue weighted by Gasteiger charge is 2.15. The first kappa shape index (κ1) is 16.9. The van der Waals surface area contributed by atoms with Gasteiger partial charge in [0.2, 0.25) is 5.75 Å². The molecule has 3 N–H and O–H groups in total. The average Bonchev–Trinajstić information content (AvgIpc) is 2.53. The molecule has 0 bridgehead atoms. The van der Waals surface area contributed by atoms with Crippen molar-refractivity contribution in [3.63, 3.8) is 0 Å². The minimum atomic E-state index is -0.325. The van der Waals surface area contributed by atoms with Crippen molar-refractivity contribution in [2.75, 3.05) is 18.9 Å². The first-order valence-electron chi connectivity index (χ1n) is 7.99. The van der Waals surface area contributed by atoms with Crippen LogP contribution in [0.3, 0.4) is 0 Å². The van der Waals surface area contributed by atoms with E-state index in [1.165, 1.54) is 12.8 Å². The molecule has 0 fully saturated rings. The van der Waals surface area contributed by atoms with Crippen molar-refractivity contribution in [2.45, 2.75) is 32.6 Å². The quantitative estimate of drug-likeness (QED) is 0.421. The molecular formula is C18H24N2O3. The Morgan fingerprint density at radius 3 is 2.78 bits per heavy atom. The number of anilines is 1. The van der Waals surface area contributed by atoms with Crippen molar-refractivity contribution in [3.8, 4) is 11.5 Å². The molecule has 0 saturated heterocycles. The highest BCUT2D eigenvalue weighted by Crippen LogP contribution is 2.32. The van der Waals surface area contributed by atoms with Crippen LogP contribution in [0.2, 0.25) is 0 Å². The standard InChI is InChI=1S/C18H24N2O3/c1-3-5-6-7-11-23-16-14-9-8-13(19)12-15(14)20-18(21)17(16)22-10-4-2/h4,8-9,12H,2-3,5-7,10-11,19H2,1H3,(H,20,21). The molecule has 0 saturated carbocycles. The number of H-pyrrole nitrogens is 1. The van der Waals surface area contributed by atoms with Gasteiger partial charge in [-0.25, -0.2) is 0 Å². The predicted octanol–water partition coefficient (Wildman–Crippen LogP) is 3.63. The minimum Gasteiger partial charge on any atom is -0.489 e. The zero-order valence-corrected chi connectivity index (χ0v) is 13.6. The number of hydrogen-bond acceptors (Lipinski definition) is 4. The fourth-order valence-corrected chi connectivity index (χ4v) is 2.39. The van der Waals surface area contributed by atoms with Crippen molar-refractivity contribution in [2.24, 2.45) is 0 Å². The molecule has 0 aliphatic rings. The van der Waals surface area contributed by atoms with E-state index < -0.39 is 0 Å². The van der Waals surface area contributed by atoms with Gasteiger partial charge in [0.25, 0.3) is 5.56 Å². The second-order valence-corrected chi connectivity index (χ2v) is 5.43. The molecule has 0 aliphatic heterocycles.